The molecule has 1 aromatic heterocycles. The molecule has 1 amide bonds. The van der Waals surface area contributed by atoms with Gasteiger partial charge in [-0.2, -0.15) is 0 Å². The first-order valence-electron chi connectivity index (χ1n) is 11.0. The summed E-state index contributed by atoms with van der Waals surface area (Å²) in [6.45, 7) is 2.62. The number of carbonyl (C=O) groups is 1. The number of amides is 1. The van der Waals surface area contributed by atoms with Gasteiger partial charge in [-0.1, -0.05) is 25.0 Å². The monoisotopic (exact) mass is 410 g/mol. The van der Waals surface area contributed by atoms with E-state index < -0.39 is 5.82 Å². The fourth-order valence-corrected chi connectivity index (χ4v) is 5.21. The number of halogens is 1. The molecule has 1 aromatic carbocycles. The number of H-pyrrole nitrogens is 1. The van der Waals surface area contributed by atoms with E-state index in [1.165, 1.54) is 37.8 Å². The number of rotatable bonds is 3. The summed E-state index contributed by atoms with van der Waals surface area (Å²) >= 11 is 0. The Bertz CT molecular complexity index is 1010. The van der Waals surface area contributed by atoms with Crippen molar-refractivity contribution in [3.63, 3.8) is 0 Å². The quantitative estimate of drug-likeness (QED) is 0.845. The van der Waals surface area contributed by atoms with Crippen LogP contribution in [0.4, 0.5) is 4.39 Å². The van der Waals surface area contributed by atoms with Crippen LogP contribution in [0.25, 0.3) is 0 Å². The van der Waals surface area contributed by atoms with Gasteiger partial charge in [-0.25, -0.2) is 9.37 Å². The maximum atomic E-state index is 14.0. The fourth-order valence-electron chi connectivity index (χ4n) is 5.21. The zero-order valence-electron chi connectivity index (χ0n) is 17.1. The summed E-state index contributed by atoms with van der Waals surface area (Å²) in [5.74, 6) is -0.162. The summed E-state index contributed by atoms with van der Waals surface area (Å²) < 4.78 is 14.0. The van der Waals surface area contributed by atoms with Crippen LogP contribution in [0.2, 0.25) is 0 Å². The van der Waals surface area contributed by atoms with Crippen molar-refractivity contribution < 1.29 is 9.18 Å². The van der Waals surface area contributed by atoms with Crippen LogP contribution in [0.1, 0.15) is 65.5 Å². The van der Waals surface area contributed by atoms with Gasteiger partial charge < -0.3 is 9.88 Å². The van der Waals surface area contributed by atoms with Crippen molar-refractivity contribution >= 4 is 5.91 Å². The van der Waals surface area contributed by atoms with E-state index in [9.17, 15) is 14.0 Å². The van der Waals surface area contributed by atoms with E-state index in [-0.39, 0.29) is 22.9 Å². The lowest BCUT2D eigenvalue weighted by Crippen LogP contribution is -2.41. The van der Waals surface area contributed by atoms with Gasteiger partial charge in [0.25, 0.3) is 11.5 Å². The number of hydrogen-bond acceptors (Lipinski definition) is 4. The Balaban J connectivity index is 1.31. The van der Waals surface area contributed by atoms with Crippen LogP contribution in [0, 0.1) is 5.82 Å². The number of aromatic nitrogens is 2. The number of nitrogens with one attached hydrogen (secondary N) is 1. The van der Waals surface area contributed by atoms with Gasteiger partial charge in [-0.15, -0.1) is 0 Å². The van der Waals surface area contributed by atoms with Gasteiger partial charge in [0.15, 0.2) is 0 Å². The third-order valence-corrected chi connectivity index (χ3v) is 6.92. The van der Waals surface area contributed by atoms with E-state index in [1.807, 2.05) is 0 Å². The lowest BCUT2D eigenvalue weighted by molar-refractivity contribution is 0.0786. The molecule has 1 atom stereocenters. The van der Waals surface area contributed by atoms with Crippen LogP contribution in [0.15, 0.2) is 29.1 Å². The molecule has 0 spiro atoms. The predicted octanol–water partition coefficient (Wildman–Crippen LogP) is 2.84. The fraction of sp³-hybridized carbons (Fsp3) is 0.522. The number of nitrogens with zero attached hydrogens (tertiary/aromatic N) is 3. The highest BCUT2D eigenvalue weighted by Crippen LogP contribution is 2.29. The van der Waals surface area contributed by atoms with E-state index >= 15 is 0 Å². The number of likely N-dealkylation sites (tertiary alicyclic amines) is 1. The molecule has 2 aliphatic heterocycles. The molecular weight excluding hydrogens is 383 g/mol. The van der Waals surface area contributed by atoms with Gasteiger partial charge >= 0.3 is 0 Å². The molecule has 3 aliphatic rings. The van der Waals surface area contributed by atoms with Crippen LogP contribution in [-0.2, 0) is 13.0 Å². The first-order valence-corrected chi connectivity index (χ1v) is 11.0. The Hall–Kier alpha value is -2.54. The van der Waals surface area contributed by atoms with Crippen LogP contribution in [0.3, 0.4) is 0 Å². The molecule has 158 valence electrons. The van der Waals surface area contributed by atoms with Crippen molar-refractivity contribution in [2.24, 2.45) is 0 Å². The third kappa shape index (κ3) is 3.55. The molecule has 6 nitrogen and oxygen atoms in total. The van der Waals surface area contributed by atoms with Gasteiger partial charge in [-0.05, 0) is 31.4 Å². The predicted molar refractivity (Wildman–Crippen MR) is 111 cm³/mol. The summed E-state index contributed by atoms with van der Waals surface area (Å²) in [7, 11) is 0. The second kappa shape index (κ2) is 7.95. The molecule has 3 heterocycles. The molecule has 30 heavy (non-hydrogen) atoms. The van der Waals surface area contributed by atoms with Gasteiger partial charge in [0.1, 0.15) is 11.6 Å². The van der Waals surface area contributed by atoms with Crippen molar-refractivity contribution in [1.29, 1.82) is 0 Å². The molecule has 1 N–H and O–H groups in total. The van der Waals surface area contributed by atoms with Crippen molar-refractivity contribution in [3.05, 3.63) is 63.1 Å². The topological polar surface area (TPSA) is 69.3 Å². The Morgan fingerprint density at radius 1 is 1.13 bits per heavy atom. The van der Waals surface area contributed by atoms with E-state index in [2.05, 4.69) is 9.88 Å². The summed E-state index contributed by atoms with van der Waals surface area (Å²) in [5, 5.41) is 0. The van der Waals surface area contributed by atoms with Crippen LogP contribution >= 0.6 is 0 Å². The number of hydrogen-bond donors (Lipinski definition) is 1. The molecule has 1 saturated heterocycles. The molecule has 5 rings (SSSR count). The minimum absolute atomic E-state index is 0.0217. The Morgan fingerprint density at radius 2 is 1.93 bits per heavy atom. The zero-order chi connectivity index (χ0) is 20.7. The van der Waals surface area contributed by atoms with E-state index in [0.717, 1.165) is 30.6 Å². The Kier molecular flexibility index (Phi) is 5.15. The maximum Gasteiger partial charge on any atom is 0.256 e. The van der Waals surface area contributed by atoms with Gasteiger partial charge in [0, 0.05) is 44.6 Å². The van der Waals surface area contributed by atoms with E-state index in [4.69, 9.17) is 4.98 Å². The molecule has 0 bridgehead atoms. The van der Waals surface area contributed by atoms with Crippen molar-refractivity contribution in [2.75, 3.05) is 19.6 Å². The molecule has 1 aliphatic carbocycles. The second-order valence-electron chi connectivity index (χ2n) is 8.75. The average molecular weight is 410 g/mol. The number of aromatic amines is 1. The molecule has 2 aromatic rings. The summed E-state index contributed by atoms with van der Waals surface area (Å²) in [5.41, 5.74) is 1.75. The Labute approximate surface area is 175 Å². The Morgan fingerprint density at radius 3 is 2.73 bits per heavy atom. The molecule has 0 unspecified atom stereocenters. The average Bonchev–Trinajstić information content (AvgIpc) is 3.46. The highest BCUT2D eigenvalue weighted by Gasteiger charge is 2.33. The number of fused-ring (bicyclic) bond motifs is 1. The van der Waals surface area contributed by atoms with Gasteiger partial charge in [0.2, 0.25) is 0 Å². The normalized spacial score (nSPS) is 22.4. The minimum Gasteiger partial charge on any atom is -0.338 e. The number of benzene rings is 1. The number of carbonyl (C=O) groups excluding carboxylic acids is 1. The molecular formula is C23H27FN4O2. The summed E-state index contributed by atoms with van der Waals surface area (Å²) in [6, 6.07) is 6.67. The molecule has 0 radical (unpaired) electrons. The van der Waals surface area contributed by atoms with Crippen LogP contribution in [0.5, 0.6) is 0 Å². The summed E-state index contributed by atoms with van der Waals surface area (Å²) in [6.07, 6.45) is 6.54. The first-order chi connectivity index (χ1) is 14.6. The van der Waals surface area contributed by atoms with Crippen molar-refractivity contribution in [2.45, 2.75) is 57.0 Å². The van der Waals surface area contributed by atoms with Gasteiger partial charge in [0.05, 0.1) is 16.8 Å². The SMILES string of the molecule is O=C(c1ccccc1F)N1CC[C@@H](c2nc3c(c(=O)[nH]2)CN(C2CCCC2)CC3)C1. The zero-order valence-corrected chi connectivity index (χ0v) is 17.1. The minimum atomic E-state index is -0.502. The molecule has 2 fully saturated rings. The largest absolute Gasteiger partial charge is 0.338 e. The highest BCUT2D eigenvalue weighted by atomic mass is 19.1. The van der Waals surface area contributed by atoms with Crippen LogP contribution < -0.4 is 5.56 Å². The lowest BCUT2D eigenvalue weighted by Gasteiger charge is -2.32. The standard InChI is InChI=1S/C23H27FN4O2/c24-19-8-4-3-7-17(19)23(30)28-11-9-15(13-28)21-25-20-10-12-27(16-5-1-2-6-16)14-18(20)22(29)26-21/h3-4,7-8,15-16H,1-2,5-6,9-14H2,(H,25,26,29)/t15-/m1/s1. The molecule has 1 saturated carbocycles. The van der Waals surface area contributed by atoms with E-state index in [0.29, 0.717) is 31.5 Å². The highest BCUT2D eigenvalue weighted by molar-refractivity contribution is 5.94. The van der Waals surface area contributed by atoms with Gasteiger partial charge in [-0.3, -0.25) is 14.5 Å². The maximum absolute atomic E-state index is 14.0. The second-order valence-corrected chi connectivity index (χ2v) is 8.75. The van der Waals surface area contributed by atoms with Crippen molar-refractivity contribution in [1.82, 2.24) is 19.8 Å². The lowest BCUT2D eigenvalue weighted by atomic mass is 10.0. The smallest absolute Gasteiger partial charge is 0.256 e. The summed E-state index contributed by atoms with van der Waals surface area (Å²) in [4.78, 5) is 37.4. The molecule has 7 heteroatoms. The van der Waals surface area contributed by atoms with Crippen LogP contribution in [-0.4, -0.2) is 51.4 Å². The third-order valence-electron chi connectivity index (χ3n) is 6.92. The first kappa shape index (κ1) is 19.4. The van der Waals surface area contributed by atoms with Crippen molar-refractivity contribution in [3.8, 4) is 0 Å². The van der Waals surface area contributed by atoms with E-state index in [1.54, 1.807) is 17.0 Å².